The molecule has 1 unspecified atom stereocenters. The van der Waals surface area contributed by atoms with Crippen molar-refractivity contribution >= 4 is 6.03 Å². The summed E-state index contributed by atoms with van der Waals surface area (Å²) < 4.78 is 0. The quantitative estimate of drug-likeness (QED) is 0.865. The second-order valence-corrected chi connectivity index (χ2v) is 7.29. The molecule has 1 heterocycles. The molecule has 0 radical (unpaired) electrons. The molecule has 1 saturated carbocycles. The maximum Gasteiger partial charge on any atom is 0.318 e. The third kappa shape index (κ3) is 4.50. The van der Waals surface area contributed by atoms with Crippen molar-refractivity contribution in [2.75, 3.05) is 19.6 Å². The van der Waals surface area contributed by atoms with Crippen LogP contribution in [0.3, 0.4) is 0 Å². The highest BCUT2D eigenvalue weighted by molar-refractivity contribution is 5.75. The fourth-order valence-corrected chi connectivity index (χ4v) is 4.09. The Kier molecular flexibility index (Phi) is 6.13. The van der Waals surface area contributed by atoms with Gasteiger partial charge in [-0.3, -0.25) is 0 Å². The van der Waals surface area contributed by atoms with Crippen LogP contribution in [-0.4, -0.2) is 47.5 Å². The number of carbonyl (C=O) groups excluding carboxylic acids is 1. The number of likely N-dealkylation sites (tertiary alicyclic amines) is 1. The minimum absolute atomic E-state index is 0.133. The third-order valence-electron chi connectivity index (χ3n) is 5.36. The molecule has 4 nitrogen and oxygen atoms in total. The lowest BCUT2D eigenvalue weighted by molar-refractivity contribution is 0.167. The lowest BCUT2D eigenvalue weighted by atomic mass is 10.1. The number of rotatable bonds is 6. The normalized spacial score (nSPS) is 22.0. The maximum absolute atomic E-state index is 13.0. The second-order valence-electron chi connectivity index (χ2n) is 7.29. The zero-order valence-electron chi connectivity index (χ0n) is 14.9. The van der Waals surface area contributed by atoms with Gasteiger partial charge in [0.2, 0.25) is 0 Å². The second kappa shape index (κ2) is 8.52. The number of nitrogens with zero attached hydrogens (tertiary/aromatic N) is 2. The van der Waals surface area contributed by atoms with Crippen molar-refractivity contribution in [3.63, 3.8) is 0 Å². The van der Waals surface area contributed by atoms with Gasteiger partial charge in [0.25, 0.3) is 0 Å². The van der Waals surface area contributed by atoms with Crippen LogP contribution in [0.25, 0.3) is 0 Å². The number of benzene rings is 1. The van der Waals surface area contributed by atoms with Crippen molar-refractivity contribution in [2.24, 2.45) is 0 Å². The van der Waals surface area contributed by atoms with Gasteiger partial charge in [0.1, 0.15) is 0 Å². The van der Waals surface area contributed by atoms with Gasteiger partial charge in [0.15, 0.2) is 0 Å². The first kappa shape index (κ1) is 17.3. The molecular weight excluding hydrogens is 298 g/mol. The topological polar surface area (TPSA) is 35.6 Å². The summed E-state index contributed by atoms with van der Waals surface area (Å²) in [7, 11) is 0. The van der Waals surface area contributed by atoms with Crippen molar-refractivity contribution < 1.29 is 4.79 Å². The Bertz CT molecular complexity index is 513. The SMILES string of the molecule is CCCN1CCC(NC(=O)N(Cc2ccccc2)C2CCCC2)C1. The van der Waals surface area contributed by atoms with E-state index in [-0.39, 0.29) is 6.03 Å². The molecule has 1 saturated heterocycles. The predicted octanol–water partition coefficient (Wildman–Crippen LogP) is 3.63. The summed E-state index contributed by atoms with van der Waals surface area (Å²) >= 11 is 0. The van der Waals surface area contributed by atoms with Gasteiger partial charge in [-0.15, -0.1) is 0 Å². The molecule has 1 atom stereocenters. The summed E-state index contributed by atoms with van der Waals surface area (Å²) in [6.45, 7) is 6.20. The molecule has 1 aliphatic carbocycles. The van der Waals surface area contributed by atoms with Gasteiger partial charge in [0, 0.05) is 31.7 Å². The molecule has 2 aliphatic rings. The Morgan fingerprint density at radius 1 is 1.21 bits per heavy atom. The van der Waals surface area contributed by atoms with E-state index in [4.69, 9.17) is 0 Å². The van der Waals surface area contributed by atoms with Crippen molar-refractivity contribution in [3.8, 4) is 0 Å². The fourth-order valence-electron chi connectivity index (χ4n) is 4.09. The van der Waals surface area contributed by atoms with E-state index in [9.17, 15) is 4.79 Å². The first-order chi connectivity index (χ1) is 11.8. The highest BCUT2D eigenvalue weighted by Gasteiger charge is 2.30. The van der Waals surface area contributed by atoms with E-state index in [1.165, 1.54) is 24.8 Å². The summed E-state index contributed by atoms with van der Waals surface area (Å²) in [5.74, 6) is 0. The molecule has 3 rings (SSSR count). The van der Waals surface area contributed by atoms with E-state index in [0.29, 0.717) is 12.1 Å². The molecule has 1 aromatic carbocycles. The van der Waals surface area contributed by atoms with Gasteiger partial charge in [-0.05, 0) is 37.8 Å². The number of urea groups is 1. The zero-order valence-corrected chi connectivity index (χ0v) is 14.9. The maximum atomic E-state index is 13.0. The fraction of sp³-hybridized carbons (Fsp3) is 0.650. The molecule has 1 N–H and O–H groups in total. The van der Waals surface area contributed by atoms with E-state index < -0.39 is 0 Å². The van der Waals surface area contributed by atoms with E-state index in [2.05, 4.69) is 46.3 Å². The van der Waals surface area contributed by atoms with E-state index >= 15 is 0 Å². The van der Waals surface area contributed by atoms with Crippen LogP contribution in [0.4, 0.5) is 4.79 Å². The van der Waals surface area contributed by atoms with Gasteiger partial charge in [0.05, 0.1) is 0 Å². The Morgan fingerprint density at radius 2 is 1.96 bits per heavy atom. The number of hydrogen-bond donors (Lipinski definition) is 1. The van der Waals surface area contributed by atoms with Gasteiger partial charge >= 0.3 is 6.03 Å². The number of hydrogen-bond acceptors (Lipinski definition) is 2. The summed E-state index contributed by atoms with van der Waals surface area (Å²) in [5, 5.41) is 3.31. The molecule has 2 fully saturated rings. The van der Waals surface area contributed by atoms with Crippen LogP contribution in [0.1, 0.15) is 51.0 Å². The smallest absolute Gasteiger partial charge is 0.318 e. The third-order valence-corrected chi connectivity index (χ3v) is 5.36. The largest absolute Gasteiger partial charge is 0.334 e. The molecule has 0 bridgehead atoms. The number of amides is 2. The molecule has 2 amide bonds. The highest BCUT2D eigenvalue weighted by Crippen LogP contribution is 2.25. The van der Waals surface area contributed by atoms with Crippen LogP contribution in [0, 0.1) is 0 Å². The lowest BCUT2D eigenvalue weighted by Gasteiger charge is -2.30. The number of carbonyl (C=O) groups is 1. The van der Waals surface area contributed by atoms with Crippen molar-refractivity contribution in [1.82, 2.24) is 15.1 Å². The average Bonchev–Trinajstić information content (AvgIpc) is 3.26. The molecule has 4 heteroatoms. The number of nitrogens with one attached hydrogen (secondary N) is 1. The van der Waals surface area contributed by atoms with Crippen molar-refractivity contribution in [1.29, 1.82) is 0 Å². The zero-order chi connectivity index (χ0) is 16.8. The van der Waals surface area contributed by atoms with E-state index in [1.807, 2.05) is 6.07 Å². The van der Waals surface area contributed by atoms with Crippen LogP contribution >= 0.6 is 0 Å². The molecular formula is C20H31N3O. The molecule has 0 spiro atoms. The standard InChI is InChI=1S/C20H31N3O/c1-2-13-22-14-12-18(16-22)21-20(24)23(19-10-6-7-11-19)15-17-8-4-3-5-9-17/h3-5,8-9,18-19H,2,6-7,10-16H2,1H3,(H,21,24). The summed E-state index contributed by atoms with van der Waals surface area (Å²) in [4.78, 5) is 17.5. The molecule has 132 valence electrons. The van der Waals surface area contributed by atoms with Crippen LogP contribution in [-0.2, 0) is 6.54 Å². The Labute approximate surface area is 146 Å². The molecule has 1 aliphatic heterocycles. The van der Waals surface area contributed by atoms with Gasteiger partial charge in [-0.2, -0.15) is 0 Å². The summed E-state index contributed by atoms with van der Waals surface area (Å²) in [6.07, 6.45) is 7.05. The Hall–Kier alpha value is -1.55. The van der Waals surface area contributed by atoms with Crippen molar-refractivity contribution in [3.05, 3.63) is 35.9 Å². The minimum Gasteiger partial charge on any atom is -0.334 e. The van der Waals surface area contributed by atoms with Gasteiger partial charge in [-0.25, -0.2) is 4.79 Å². The van der Waals surface area contributed by atoms with Crippen molar-refractivity contribution in [2.45, 2.75) is 64.1 Å². The highest BCUT2D eigenvalue weighted by atomic mass is 16.2. The van der Waals surface area contributed by atoms with Crippen LogP contribution in [0.15, 0.2) is 30.3 Å². The van der Waals surface area contributed by atoms with Crippen LogP contribution in [0.5, 0.6) is 0 Å². The lowest BCUT2D eigenvalue weighted by Crippen LogP contribution is -2.48. The van der Waals surface area contributed by atoms with Gasteiger partial charge < -0.3 is 15.1 Å². The van der Waals surface area contributed by atoms with E-state index in [1.54, 1.807) is 0 Å². The van der Waals surface area contributed by atoms with Crippen LogP contribution in [0.2, 0.25) is 0 Å². The van der Waals surface area contributed by atoms with E-state index in [0.717, 1.165) is 45.4 Å². The minimum atomic E-state index is 0.133. The first-order valence-corrected chi connectivity index (χ1v) is 9.59. The summed E-state index contributed by atoms with van der Waals surface area (Å²) in [6, 6.07) is 11.2. The Balaban J connectivity index is 1.61. The first-order valence-electron chi connectivity index (χ1n) is 9.59. The Morgan fingerprint density at radius 3 is 2.67 bits per heavy atom. The molecule has 1 aromatic rings. The monoisotopic (exact) mass is 329 g/mol. The molecule has 0 aromatic heterocycles. The van der Waals surface area contributed by atoms with Gasteiger partial charge in [-0.1, -0.05) is 50.1 Å². The molecule has 24 heavy (non-hydrogen) atoms. The average molecular weight is 329 g/mol. The summed E-state index contributed by atoms with van der Waals surface area (Å²) in [5.41, 5.74) is 1.22. The van der Waals surface area contributed by atoms with Crippen LogP contribution < -0.4 is 5.32 Å². The predicted molar refractivity (Wildman–Crippen MR) is 97.9 cm³/mol.